The van der Waals surface area contributed by atoms with Gasteiger partial charge in [-0.3, -0.25) is 14.9 Å². The highest BCUT2D eigenvalue weighted by Crippen LogP contribution is 2.24. The summed E-state index contributed by atoms with van der Waals surface area (Å²) in [5.74, 6) is -1.34. The monoisotopic (exact) mass is 280 g/mol. The maximum atomic E-state index is 11.0. The van der Waals surface area contributed by atoms with Gasteiger partial charge in [0.05, 0.1) is 10.5 Å². The number of carbonyl (C=O) groups is 2. The van der Waals surface area contributed by atoms with Crippen molar-refractivity contribution in [2.45, 2.75) is 18.9 Å². The van der Waals surface area contributed by atoms with Crippen LogP contribution in [0.3, 0.4) is 0 Å². The lowest BCUT2D eigenvalue weighted by atomic mass is 10.1. The number of hydrogen-bond acceptors (Lipinski definition) is 6. The largest absolute Gasteiger partial charge is 0.478 e. The number of pyridine rings is 1. The zero-order valence-corrected chi connectivity index (χ0v) is 10.3. The molecule has 106 valence electrons. The maximum Gasteiger partial charge on any atom is 0.337 e. The molecule has 2 rings (SSSR count). The first-order chi connectivity index (χ1) is 9.47. The number of amides is 1. The Balaban J connectivity index is 2.20. The second-order valence-corrected chi connectivity index (χ2v) is 4.34. The van der Waals surface area contributed by atoms with Crippen molar-refractivity contribution in [1.29, 1.82) is 0 Å². The molecule has 1 aromatic heterocycles. The van der Waals surface area contributed by atoms with Crippen molar-refractivity contribution >= 4 is 23.4 Å². The second kappa shape index (κ2) is 5.51. The van der Waals surface area contributed by atoms with Crippen molar-refractivity contribution < 1.29 is 19.6 Å². The van der Waals surface area contributed by atoms with E-state index >= 15 is 0 Å². The molecule has 0 aliphatic carbocycles. The van der Waals surface area contributed by atoms with Gasteiger partial charge < -0.3 is 15.7 Å². The molecule has 1 aliphatic rings. The summed E-state index contributed by atoms with van der Waals surface area (Å²) in [6.07, 6.45) is 1.92. The molecule has 0 radical (unpaired) electrons. The highest BCUT2D eigenvalue weighted by atomic mass is 16.6. The van der Waals surface area contributed by atoms with Crippen LogP contribution in [-0.4, -0.2) is 39.5 Å². The lowest BCUT2D eigenvalue weighted by Gasteiger charge is -2.23. The number of nitrogens with one attached hydrogen (secondary N) is 2. The highest BCUT2D eigenvalue weighted by Gasteiger charge is 2.23. The van der Waals surface area contributed by atoms with Gasteiger partial charge >= 0.3 is 11.7 Å². The molecular weight excluding hydrogens is 268 g/mol. The number of carboxylic acids is 1. The van der Waals surface area contributed by atoms with Crippen molar-refractivity contribution in [3.05, 3.63) is 27.9 Å². The summed E-state index contributed by atoms with van der Waals surface area (Å²) in [6, 6.07) is 0.786. The molecule has 1 aromatic rings. The molecule has 0 bridgehead atoms. The predicted molar refractivity (Wildman–Crippen MR) is 67.5 cm³/mol. The van der Waals surface area contributed by atoms with Gasteiger partial charge in [0.25, 0.3) is 0 Å². The van der Waals surface area contributed by atoms with Gasteiger partial charge in [0.1, 0.15) is 0 Å². The van der Waals surface area contributed by atoms with Crippen LogP contribution in [0.15, 0.2) is 12.3 Å². The van der Waals surface area contributed by atoms with E-state index in [1.54, 1.807) is 0 Å². The molecule has 20 heavy (non-hydrogen) atoms. The number of aromatic carboxylic acids is 1. The Morgan fingerprint density at radius 2 is 2.35 bits per heavy atom. The topological polar surface area (TPSA) is 134 Å². The molecule has 1 unspecified atom stereocenters. The van der Waals surface area contributed by atoms with E-state index in [2.05, 4.69) is 15.6 Å². The lowest BCUT2D eigenvalue weighted by Crippen LogP contribution is -2.42. The normalized spacial score (nSPS) is 18.2. The average molecular weight is 280 g/mol. The zero-order valence-electron chi connectivity index (χ0n) is 10.3. The molecule has 1 aliphatic heterocycles. The van der Waals surface area contributed by atoms with Crippen molar-refractivity contribution in [2.75, 3.05) is 11.9 Å². The number of piperidine rings is 1. The first-order valence-corrected chi connectivity index (χ1v) is 5.88. The number of anilines is 1. The minimum absolute atomic E-state index is 0.00106. The predicted octanol–water partition coefficient (Wildman–Crippen LogP) is 0.378. The summed E-state index contributed by atoms with van der Waals surface area (Å²) in [5, 5.41) is 25.2. The second-order valence-electron chi connectivity index (χ2n) is 4.34. The summed E-state index contributed by atoms with van der Waals surface area (Å²) in [6.45, 7) is 0.346. The van der Waals surface area contributed by atoms with Crippen LogP contribution in [0.2, 0.25) is 0 Å². The minimum Gasteiger partial charge on any atom is -0.478 e. The van der Waals surface area contributed by atoms with E-state index in [4.69, 9.17) is 5.11 Å². The van der Waals surface area contributed by atoms with E-state index in [0.717, 1.165) is 12.3 Å². The van der Waals surface area contributed by atoms with Gasteiger partial charge in [-0.1, -0.05) is 0 Å². The van der Waals surface area contributed by atoms with Crippen LogP contribution in [0.1, 0.15) is 23.2 Å². The van der Waals surface area contributed by atoms with Crippen molar-refractivity contribution in [3.8, 4) is 0 Å². The Kier molecular flexibility index (Phi) is 3.78. The summed E-state index contributed by atoms with van der Waals surface area (Å²) >= 11 is 0. The summed E-state index contributed by atoms with van der Waals surface area (Å²) < 4.78 is 0. The smallest absolute Gasteiger partial charge is 0.337 e. The molecule has 1 saturated heterocycles. The third-order valence-electron chi connectivity index (χ3n) is 2.92. The van der Waals surface area contributed by atoms with E-state index in [-0.39, 0.29) is 23.3 Å². The van der Waals surface area contributed by atoms with Gasteiger partial charge in [-0.15, -0.1) is 0 Å². The molecule has 3 N–H and O–H groups in total. The summed E-state index contributed by atoms with van der Waals surface area (Å²) in [7, 11) is 0. The third kappa shape index (κ3) is 2.99. The van der Waals surface area contributed by atoms with Crippen molar-refractivity contribution in [2.24, 2.45) is 0 Å². The standard InChI is InChI=1S/C11H12N4O5/c16-9-2-1-7(5-12-9)14-10-8(15(19)20)3-6(4-13-10)11(17)18/h3-4,7H,1-2,5H2,(H,12,16)(H,13,14)(H,17,18). The number of carbonyl (C=O) groups excluding carboxylic acids is 1. The van der Waals surface area contributed by atoms with Gasteiger partial charge in [0.15, 0.2) is 0 Å². The first kappa shape index (κ1) is 13.7. The van der Waals surface area contributed by atoms with Gasteiger partial charge in [-0.05, 0) is 6.42 Å². The molecule has 0 spiro atoms. The Hall–Kier alpha value is -2.71. The Morgan fingerprint density at radius 1 is 1.60 bits per heavy atom. The molecule has 0 saturated carbocycles. The molecule has 1 atom stereocenters. The number of aromatic nitrogens is 1. The van der Waals surface area contributed by atoms with Gasteiger partial charge in [-0.2, -0.15) is 0 Å². The van der Waals surface area contributed by atoms with E-state index in [1.165, 1.54) is 0 Å². The van der Waals surface area contributed by atoms with Crippen LogP contribution in [0.5, 0.6) is 0 Å². The molecule has 0 aromatic carbocycles. The minimum atomic E-state index is -1.28. The Bertz CT molecular complexity index is 564. The van der Waals surface area contributed by atoms with Gasteiger partial charge in [-0.25, -0.2) is 9.78 Å². The Labute approximate surface area is 113 Å². The number of nitrogens with zero attached hydrogens (tertiary/aromatic N) is 2. The molecule has 1 fully saturated rings. The number of nitro groups is 1. The maximum absolute atomic E-state index is 11.0. The number of hydrogen-bond donors (Lipinski definition) is 3. The average Bonchev–Trinajstić information content (AvgIpc) is 2.41. The van der Waals surface area contributed by atoms with Crippen LogP contribution in [-0.2, 0) is 4.79 Å². The van der Waals surface area contributed by atoms with E-state index in [9.17, 15) is 19.7 Å². The van der Waals surface area contributed by atoms with E-state index < -0.39 is 16.6 Å². The fraction of sp³-hybridized carbons (Fsp3) is 0.364. The van der Waals surface area contributed by atoms with Crippen LogP contribution in [0, 0.1) is 10.1 Å². The van der Waals surface area contributed by atoms with Gasteiger partial charge in [0, 0.05) is 31.3 Å². The van der Waals surface area contributed by atoms with Gasteiger partial charge in [0.2, 0.25) is 11.7 Å². The number of rotatable bonds is 4. The molecule has 2 heterocycles. The fourth-order valence-electron chi connectivity index (χ4n) is 1.87. The van der Waals surface area contributed by atoms with E-state index in [0.29, 0.717) is 19.4 Å². The van der Waals surface area contributed by atoms with Crippen LogP contribution in [0.25, 0.3) is 0 Å². The SMILES string of the molecule is O=C1CCC(Nc2ncc(C(=O)O)cc2[N+](=O)[O-])CN1. The molecule has 1 amide bonds. The summed E-state index contributed by atoms with van der Waals surface area (Å²) in [4.78, 5) is 35.9. The van der Waals surface area contributed by atoms with Crippen molar-refractivity contribution in [1.82, 2.24) is 10.3 Å². The van der Waals surface area contributed by atoms with Crippen molar-refractivity contribution in [3.63, 3.8) is 0 Å². The third-order valence-corrected chi connectivity index (χ3v) is 2.92. The first-order valence-electron chi connectivity index (χ1n) is 5.88. The Morgan fingerprint density at radius 3 is 2.90 bits per heavy atom. The summed E-state index contributed by atoms with van der Waals surface area (Å²) in [5.41, 5.74) is -0.652. The molecule has 9 nitrogen and oxygen atoms in total. The number of carboxylic acid groups (broad SMARTS) is 1. The lowest BCUT2D eigenvalue weighted by molar-refractivity contribution is -0.384. The fourth-order valence-corrected chi connectivity index (χ4v) is 1.87. The van der Waals surface area contributed by atoms with Crippen LogP contribution >= 0.6 is 0 Å². The molecular formula is C11H12N4O5. The highest BCUT2D eigenvalue weighted by molar-refractivity contribution is 5.88. The van der Waals surface area contributed by atoms with Crippen LogP contribution in [0.4, 0.5) is 11.5 Å². The molecule has 9 heteroatoms. The quantitative estimate of drug-likeness (QED) is 0.536. The van der Waals surface area contributed by atoms with Crippen LogP contribution < -0.4 is 10.6 Å². The van der Waals surface area contributed by atoms with E-state index in [1.807, 2.05) is 0 Å². The zero-order chi connectivity index (χ0) is 14.7.